The number of nitrogens with zero attached hydrogens (tertiary/aromatic N) is 2. The van der Waals surface area contributed by atoms with Crippen molar-refractivity contribution in [3.8, 4) is 0 Å². The Kier molecular flexibility index (Phi) is 2.26. The van der Waals surface area contributed by atoms with Crippen molar-refractivity contribution in [2.45, 2.75) is 25.0 Å². The van der Waals surface area contributed by atoms with Crippen molar-refractivity contribution in [1.82, 2.24) is 9.80 Å². The van der Waals surface area contributed by atoms with Crippen LogP contribution in [0.2, 0.25) is 0 Å². The standard InChI is InChI=1S/C9H16N2O2/c1-10-4-3-8(9(10)13)11-5-2-7(12)6-11/h7-8,12H,2-6H2,1H3/t7-,8?/m0/s1. The molecule has 0 bridgehead atoms. The quantitative estimate of drug-likeness (QED) is 0.585. The number of aliphatic hydroxyl groups is 1. The Morgan fingerprint density at radius 2 is 2.15 bits per heavy atom. The highest BCUT2D eigenvalue weighted by atomic mass is 16.3. The molecule has 0 aromatic heterocycles. The van der Waals surface area contributed by atoms with Crippen LogP contribution in [0.25, 0.3) is 0 Å². The second-order valence-electron chi connectivity index (χ2n) is 4.00. The molecule has 4 nitrogen and oxygen atoms in total. The predicted molar refractivity (Wildman–Crippen MR) is 48.2 cm³/mol. The van der Waals surface area contributed by atoms with Crippen LogP contribution in [0.4, 0.5) is 0 Å². The monoisotopic (exact) mass is 184 g/mol. The molecule has 0 spiro atoms. The summed E-state index contributed by atoms with van der Waals surface area (Å²) in [5.74, 6) is 0.217. The molecular formula is C9H16N2O2. The topological polar surface area (TPSA) is 43.8 Å². The Balaban J connectivity index is 1.98. The van der Waals surface area contributed by atoms with Crippen molar-refractivity contribution in [2.24, 2.45) is 0 Å². The molecule has 2 fully saturated rings. The normalized spacial score (nSPS) is 36.2. The molecule has 2 atom stereocenters. The van der Waals surface area contributed by atoms with Gasteiger partial charge in [0.1, 0.15) is 0 Å². The van der Waals surface area contributed by atoms with Crippen LogP contribution in [0, 0.1) is 0 Å². The largest absolute Gasteiger partial charge is 0.392 e. The maximum atomic E-state index is 11.6. The smallest absolute Gasteiger partial charge is 0.239 e. The minimum atomic E-state index is -0.223. The van der Waals surface area contributed by atoms with Gasteiger partial charge >= 0.3 is 0 Å². The molecule has 0 aromatic carbocycles. The highest BCUT2D eigenvalue weighted by molar-refractivity contribution is 5.83. The average molecular weight is 184 g/mol. The van der Waals surface area contributed by atoms with E-state index in [4.69, 9.17) is 0 Å². The molecule has 74 valence electrons. The van der Waals surface area contributed by atoms with E-state index in [-0.39, 0.29) is 18.1 Å². The van der Waals surface area contributed by atoms with Gasteiger partial charge in [-0.15, -0.1) is 0 Å². The van der Waals surface area contributed by atoms with Crippen molar-refractivity contribution < 1.29 is 9.90 Å². The first kappa shape index (κ1) is 8.97. The summed E-state index contributed by atoms with van der Waals surface area (Å²) in [5.41, 5.74) is 0. The molecule has 4 heteroatoms. The molecule has 0 aliphatic carbocycles. The van der Waals surface area contributed by atoms with Crippen LogP contribution in [0.3, 0.4) is 0 Å². The zero-order chi connectivity index (χ0) is 9.42. The number of carbonyl (C=O) groups is 1. The molecule has 2 rings (SSSR count). The highest BCUT2D eigenvalue weighted by Gasteiger charge is 2.36. The lowest BCUT2D eigenvalue weighted by Crippen LogP contribution is -2.40. The van der Waals surface area contributed by atoms with Gasteiger partial charge in [-0.1, -0.05) is 0 Å². The van der Waals surface area contributed by atoms with Gasteiger partial charge in [-0.05, 0) is 12.8 Å². The van der Waals surface area contributed by atoms with E-state index in [9.17, 15) is 9.90 Å². The molecular weight excluding hydrogens is 168 g/mol. The van der Waals surface area contributed by atoms with E-state index in [1.807, 2.05) is 7.05 Å². The third kappa shape index (κ3) is 1.56. The van der Waals surface area contributed by atoms with Gasteiger partial charge < -0.3 is 10.0 Å². The van der Waals surface area contributed by atoms with E-state index in [1.54, 1.807) is 4.90 Å². The van der Waals surface area contributed by atoms with Gasteiger partial charge in [0.05, 0.1) is 12.1 Å². The summed E-state index contributed by atoms with van der Waals surface area (Å²) < 4.78 is 0. The van der Waals surface area contributed by atoms with Crippen LogP contribution in [0.5, 0.6) is 0 Å². The fraction of sp³-hybridized carbons (Fsp3) is 0.889. The van der Waals surface area contributed by atoms with Gasteiger partial charge in [0.25, 0.3) is 0 Å². The van der Waals surface area contributed by atoms with Gasteiger partial charge in [-0.3, -0.25) is 9.69 Å². The molecule has 0 aromatic rings. The fourth-order valence-corrected chi connectivity index (χ4v) is 2.19. The van der Waals surface area contributed by atoms with E-state index < -0.39 is 0 Å². The van der Waals surface area contributed by atoms with Crippen LogP contribution >= 0.6 is 0 Å². The molecule has 0 radical (unpaired) electrons. The number of aliphatic hydroxyl groups excluding tert-OH is 1. The van der Waals surface area contributed by atoms with Crippen molar-refractivity contribution in [1.29, 1.82) is 0 Å². The predicted octanol–water partition coefficient (Wildman–Crippen LogP) is -0.716. The first-order valence-corrected chi connectivity index (χ1v) is 4.85. The Hall–Kier alpha value is -0.610. The summed E-state index contributed by atoms with van der Waals surface area (Å²) >= 11 is 0. The van der Waals surface area contributed by atoms with Crippen LogP contribution in [-0.4, -0.2) is 59.6 Å². The lowest BCUT2D eigenvalue weighted by Gasteiger charge is -2.21. The number of hydrogen-bond donors (Lipinski definition) is 1. The molecule has 1 unspecified atom stereocenters. The van der Waals surface area contributed by atoms with Gasteiger partial charge in [0.2, 0.25) is 5.91 Å². The maximum Gasteiger partial charge on any atom is 0.239 e. The maximum absolute atomic E-state index is 11.6. The first-order valence-electron chi connectivity index (χ1n) is 4.85. The van der Waals surface area contributed by atoms with E-state index in [2.05, 4.69) is 4.90 Å². The third-order valence-electron chi connectivity index (χ3n) is 3.03. The SMILES string of the molecule is CN1CCC(N2CC[C@H](O)C2)C1=O. The molecule has 2 aliphatic rings. The Labute approximate surface area is 78.1 Å². The summed E-state index contributed by atoms with van der Waals surface area (Å²) in [6.45, 7) is 2.39. The number of likely N-dealkylation sites (tertiary alicyclic amines) is 2. The molecule has 2 heterocycles. The third-order valence-corrected chi connectivity index (χ3v) is 3.03. The number of β-amino-alcohol motifs (C(OH)–C–C–N with tert-alkyl or cyclic N) is 1. The first-order chi connectivity index (χ1) is 6.18. The molecule has 1 amide bonds. The van der Waals surface area contributed by atoms with Crippen LogP contribution < -0.4 is 0 Å². The summed E-state index contributed by atoms with van der Waals surface area (Å²) in [6, 6.07) is 0.0437. The summed E-state index contributed by atoms with van der Waals surface area (Å²) in [7, 11) is 1.84. The summed E-state index contributed by atoms with van der Waals surface area (Å²) in [5, 5.41) is 9.35. The van der Waals surface area contributed by atoms with Crippen LogP contribution in [0.15, 0.2) is 0 Å². The van der Waals surface area contributed by atoms with Crippen molar-refractivity contribution in [2.75, 3.05) is 26.7 Å². The van der Waals surface area contributed by atoms with Crippen LogP contribution in [-0.2, 0) is 4.79 Å². The van der Waals surface area contributed by atoms with E-state index in [0.717, 1.165) is 25.9 Å². The number of carbonyl (C=O) groups excluding carboxylic acids is 1. The van der Waals surface area contributed by atoms with Gasteiger partial charge in [0.15, 0.2) is 0 Å². The molecule has 2 aliphatic heterocycles. The minimum Gasteiger partial charge on any atom is -0.392 e. The van der Waals surface area contributed by atoms with Gasteiger partial charge in [0, 0.05) is 26.7 Å². The fourth-order valence-electron chi connectivity index (χ4n) is 2.19. The van der Waals surface area contributed by atoms with Crippen molar-refractivity contribution >= 4 is 5.91 Å². The second kappa shape index (κ2) is 3.27. The van der Waals surface area contributed by atoms with E-state index in [1.165, 1.54) is 0 Å². The Bertz CT molecular complexity index is 220. The lowest BCUT2D eigenvalue weighted by molar-refractivity contribution is -0.130. The number of hydrogen-bond acceptors (Lipinski definition) is 3. The van der Waals surface area contributed by atoms with Gasteiger partial charge in [-0.25, -0.2) is 0 Å². The lowest BCUT2D eigenvalue weighted by atomic mass is 10.2. The average Bonchev–Trinajstić information content (AvgIpc) is 2.62. The summed E-state index contributed by atoms with van der Waals surface area (Å²) in [6.07, 6.45) is 1.51. The molecule has 1 N–H and O–H groups in total. The van der Waals surface area contributed by atoms with Crippen molar-refractivity contribution in [3.05, 3.63) is 0 Å². The summed E-state index contributed by atoms with van der Waals surface area (Å²) in [4.78, 5) is 15.5. The van der Waals surface area contributed by atoms with Crippen molar-refractivity contribution in [3.63, 3.8) is 0 Å². The molecule has 2 saturated heterocycles. The highest BCUT2D eigenvalue weighted by Crippen LogP contribution is 2.20. The molecule has 0 saturated carbocycles. The zero-order valence-electron chi connectivity index (χ0n) is 7.94. The van der Waals surface area contributed by atoms with Crippen LogP contribution in [0.1, 0.15) is 12.8 Å². The zero-order valence-corrected chi connectivity index (χ0v) is 7.94. The Morgan fingerprint density at radius 3 is 2.62 bits per heavy atom. The number of likely N-dealkylation sites (N-methyl/N-ethyl adjacent to an activating group) is 1. The van der Waals surface area contributed by atoms with Gasteiger partial charge in [-0.2, -0.15) is 0 Å². The minimum absolute atomic E-state index is 0.0437. The Morgan fingerprint density at radius 1 is 1.38 bits per heavy atom. The number of rotatable bonds is 1. The molecule has 13 heavy (non-hydrogen) atoms. The van der Waals surface area contributed by atoms with E-state index in [0.29, 0.717) is 6.54 Å². The second-order valence-corrected chi connectivity index (χ2v) is 4.00. The van der Waals surface area contributed by atoms with E-state index >= 15 is 0 Å². The number of amides is 1.